The van der Waals surface area contributed by atoms with Crippen LogP contribution >= 0.6 is 0 Å². The summed E-state index contributed by atoms with van der Waals surface area (Å²) in [5, 5.41) is 12.0. The average Bonchev–Trinajstić information content (AvgIpc) is 2.55. The van der Waals surface area contributed by atoms with E-state index in [0.717, 1.165) is 31.2 Å². The van der Waals surface area contributed by atoms with Crippen molar-refractivity contribution in [3.63, 3.8) is 0 Å². The van der Waals surface area contributed by atoms with Crippen molar-refractivity contribution in [2.75, 3.05) is 13.7 Å². The number of aliphatic hydroxyl groups is 1. The molecule has 2 N–H and O–H groups in total. The standard InChI is InChI=1S/C17H25FN2O2/c1-12-3-4-14(9-16(12)18)10-19-17(22)20(2)15-7-5-13(11-21)6-8-15/h3-4,9,13,15,21H,5-8,10-11H2,1-2H3,(H,19,22). The molecule has 1 aromatic carbocycles. The van der Waals surface area contributed by atoms with Gasteiger partial charge in [0.05, 0.1) is 0 Å². The Morgan fingerprint density at radius 1 is 1.36 bits per heavy atom. The first-order valence-electron chi connectivity index (χ1n) is 7.87. The van der Waals surface area contributed by atoms with Crippen LogP contribution in [-0.4, -0.2) is 35.7 Å². The van der Waals surface area contributed by atoms with Crippen LogP contribution in [0.25, 0.3) is 0 Å². The number of aryl methyl sites for hydroxylation is 1. The molecular formula is C17H25FN2O2. The summed E-state index contributed by atoms with van der Waals surface area (Å²) in [6.45, 7) is 2.28. The third-order valence-electron chi connectivity index (χ3n) is 4.62. The Morgan fingerprint density at radius 3 is 2.64 bits per heavy atom. The van der Waals surface area contributed by atoms with Gasteiger partial charge in [0, 0.05) is 26.2 Å². The van der Waals surface area contributed by atoms with Crippen molar-refractivity contribution in [3.8, 4) is 0 Å². The van der Waals surface area contributed by atoms with Crippen LogP contribution in [0.1, 0.15) is 36.8 Å². The molecule has 0 atom stereocenters. The highest BCUT2D eigenvalue weighted by molar-refractivity contribution is 5.74. The number of halogens is 1. The van der Waals surface area contributed by atoms with Gasteiger partial charge in [0.25, 0.3) is 0 Å². The molecule has 2 amide bonds. The lowest BCUT2D eigenvalue weighted by atomic mass is 9.86. The zero-order valence-corrected chi connectivity index (χ0v) is 13.3. The van der Waals surface area contributed by atoms with E-state index in [2.05, 4.69) is 5.32 Å². The van der Waals surface area contributed by atoms with Crippen molar-refractivity contribution < 1.29 is 14.3 Å². The summed E-state index contributed by atoms with van der Waals surface area (Å²) in [4.78, 5) is 13.9. The van der Waals surface area contributed by atoms with Gasteiger partial charge in [-0.15, -0.1) is 0 Å². The highest BCUT2D eigenvalue weighted by Gasteiger charge is 2.26. The van der Waals surface area contributed by atoms with E-state index >= 15 is 0 Å². The van der Waals surface area contributed by atoms with Gasteiger partial charge >= 0.3 is 6.03 Å². The largest absolute Gasteiger partial charge is 0.396 e. The van der Waals surface area contributed by atoms with E-state index in [-0.39, 0.29) is 24.5 Å². The number of hydrogen-bond donors (Lipinski definition) is 2. The van der Waals surface area contributed by atoms with Crippen molar-refractivity contribution in [2.45, 2.75) is 45.2 Å². The molecule has 2 rings (SSSR count). The second-order valence-electron chi connectivity index (χ2n) is 6.21. The van der Waals surface area contributed by atoms with Crippen LogP contribution < -0.4 is 5.32 Å². The average molecular weight is 308 g/mol. The molecule has 0 aromatic heterocycles. The SMILES string of the molecule is Cc1ccc(CNC(=O)N(C)C2CCC(CO)CC2)cc1F. The van der Waals surface area contributed by atoms with Crippen molar-refractivity contribution in [2.24, 2.45) is 5.92 Å². The van der Waals surface area contributed by atoms with Gasteiger partial charge in [0.1, 0.15) is 5.82 Å². The Bertz CT molecular complexity index is 513. The fraction of sp³-hybridized carbons (Fsp3) is 0.588. The molecule has 1 aliphatic rings. The topological polar surface area (TPSA) is 52.6 Å². The van der Waals surface area contributed by atoms with E-state index in [1.165, 1.54) is 6.07 Å². The van der Waals surface area contributed by atoms with Gasteiger partial charge in [-0.25, -0.2) is 9.18 Å². The number of amides is 2. The summed E-state index contributed by atoms with van der Waals surface area (Å²) in [7, 11) is 1.80. The van der Waals surface area contributed by atoms with Crippen molar-refractivity contribution in [3.05, 3.63) is 35.1 Å². The van der Waals surface area contributed by atoms with Crippen LogP contribution in [0.2, 0.25) is 0 Å². The zero-order chi connectivity index (χ0) is 16.1. The van der Waals surface area contributed by atoms with Crippen LogP contribution in [0.15, 0.2) is 18.2 Å². The Kier molecular flexibility index (Phi) is 5.77. The molecule has 0 heterocycles. The minimum Gasteiger partial charge on any atom is -0.396 e. The van der Waals surface area contributed by atoms with Gasteiger partial charge in [-0.3, -0.25) is 0 Å². The number of aliphatic hydroxyl groups excluding tert-OH is 1. The maximum Gasteiger partial charge on any atom is 0.317 e. The number of nitrogens with zero attached hydrogens (tertiary/aromatic N) is 1. The highest BCUT2D eigenvalue weighted by Crippen LogP contribution is 2.26. The van der Waals surface area contributed by atoms with E-state index in [1.54, 1.807) is 24.9 Å². The number of nitrogens with one attached hydrogen (secondary N) is 1. The summed E-state index contributed by atoms with van der Waals surface area (Å²) >= 11 is 0. The second-order valence-corrected chi connectivity index (χ2v) is 6.21. The minimum absolute atomic E-state index is 0.131. The predicted octanol–water partition coefficient (Wildman–Crippen LogP) is 2.83. The van der Waals surface area contributed by atoms with Crippen LogP contribution in [0, 0.1) is 18.7 Å². The smallest absolute Gasteiger partial charge is 0.317 e. The van der Waals surface area contributed by atoms with Crippen LogP contribution in [0.5, 0.6) is 0 Å². The molecule has 122 valence electrons. The lowest BCUT2D eigenvalue weighted by molar-refractivity contribution is 0.134. The number of urea groups is 1. The van der Waals surface area contributed by atoms with E-state index < -0.39 is 0 Å². The third kappa shape index (κ3) is 4.19. The molecule has 0 aliphatic heterocycles. The second kappa shape index (κ2) is 7.58. The first-order chi connectivity index (χ1) is 10.5. The molecule has 5 heteroatoms. The van der Waals surface area contributed by atoms with Crippen LogP contribution in [-0.2, 0) is 6.54 Å². The first-order valence-corrected chi connectivity index (χ1v) is 7.87. The quantitative estimate of drug-likeness (QED) is 0.898. The highest BCUT2D eigenvalue weighted by atomic mass is 19.1. The van der Waals surface area contributed by atoms with Crippen LogP contribution in [0.3, 0.4) is 0 Å². The summed E-state index contributed by atoms with van der Waals surface area (Å²) in [5.74, 6) is 0.130. The van der Waals surface area contributed by atoms with E-state index in [4.69, 9.17) is 5.11 Å². The first kappa shape index (κ1) is 16.7. The molecule has 0 saturated heterocycles. The van der Waals surface area contributed by atoms with E-state index in [9.17, 15) is 9.18 Å². The number of rotatable bonds is 4. The maximum atomic E-state index is 13.5. The van der Waals surface area contributed by atoms with Gasteiger partial charge < -0.3 is 15.3 Å². The molecule has 0 unspecified atom stereocenters. The fourth-order valence-electron chi connectivity index (χ4n) is 2.93. The van der Waals surface area contributed by atoms with E-state index in [0.29, 0.717) is 18.0 Å². The zero-order valence-electron chi connectivity index (χ0n) is 13.3. The van der Waals surface area contributed by atoms with Crippen molar-refractivity contribution >= 4 is 6.03 Å². The van der Waals surface area contributed by atoms with Crippen molar-refractivity contribution in [1.29, 1.82) is 0 Å². The molecular weight excluding hydrogens is 283 g/mol. The van der Waals surface area contributed by atoms with Crippen LogP contribution in [0.4, 0.5) is 9.18 Å². The molecule has 1 aromatic rings. The molecule has 1 saturated carbocycles. The molecule has 4 nitrogen and oxygen atoms in total. The Morgan fingerprint density at radius 2 is 2.05 bits per heavy atom. The summed E-state index contributed by atoms with van der Waals surface area (Å²) in [6.07, 6.45) is 3.77. The Hall–Kier alpha value is -1.62. The Labute approximate surface area is 131 Å². The Balaban J connectivity index is 1.82. The van der Waals surface area contributed by atoms with Gasteiger partial charge in [-0.1, -0.05) is 12.1 Å². The number of benzene rings is 1. The summed E-state index contributed by atoms with van der Waals surface area (Å²) in [6, 6.07) is 5.09. The number of carbonyl (C=O) groups excluding carboxylic acids is 1. The fourth-order valence-corrected chi connectivity index (χ4v) is 2.93. The lowest BCUT2D eigenvalue weighted by Gasteiger charge is -2.34. The number of carbonyl (C=O) groups is 1. The molecule has 0 spiro atoms. The van der Waals surface area contributed by atoms with Gasteiger partial charge in [0.2, 0.25) is 0 Å². The third-order valence-corrected chi connectivity index (χ3v) is 4.62. The summed E-state index contributed by atoms with van der Waals surface area (Å²) < 4.78 is 13.5. The number of hydrogen-bond acceptors (Lipinski definition) is 2. The lowest BCUT2D eigenvalue weighted by Crippen LogP contribution is -2.45. The van der Waals surface area contributed by atoms with Crippen molar-refractivity contribution in [1.82, 2.24) is 10.2 Å². The monoisotopic (exact) mass is 308 g/mol. The van der Waals surface area contributed by atoms with Gasteiger partial charge in [-0.05, 0) is 55.7 Å². The predicted molar refractivity (Wildman–Crippen MR) is 84.0 cm³/mol. The molecule has 22 heavy (non-hydrogen) atoms. The molecule has 1 aliphatic carbocycles. The maximum absolute atomic E-state index is 13.5. The molecule has 0 radical (unpaired) electrons. The van der Waals surface area contributed by atoms with Gasteiger partial charge in [-0.2, -0.15) is 0 Å². The molecule has 1 fully saturated rings. The normalized spacial score (nSPS) is 21.5. The summed E-state index contributed by atoms with van der Waals surface area (Å²) in [5.41, 5.74) is 1.36. The van der Waals surface area contributed by atoms with Gasteiger partial charge in [0.15, 0.2) is 0 Å². The van der Waals surface area contributed by atoms with E-state index in [1.807, 2.05) is 6.07 Å². The minimum atomic E-state index is -0.248. The molecule has 0 bridgehead atoms.